The third-order valence-corrected chi connectivity index (χ3v) is 3.36. The van der Waals surface area contributed by atoms with Crippen LogP contribution in [-0.2, 0) is 13.0 Å². The van der Waals surface area contributed by atoms with E-state index in [1.165, 1.54) is 16.5 Å². The number of para-hydroxylation sites is 1. The lowest BCUT2D eigenvalue weighted by Crippen LogP contribution is -1.95. The van der Waals surface area contributed by atoms with Gasteiger partial charge < -0.3 is 9.72 Å². The minimum atomic E-state index is 0.579. The van der Waals surface area contributed by atoms with Crippen LogP contribution in [0.1, 0.15) is 11.1 Å². The number of fused-ring (bicyclic) bond motifs is 1. The highest BCUT2D eigenvalue weighted by Crippen LogP contribution is 2.28. The maximum Gasteiger partial charge on any atom is 0.143 e. The Balaban J connectivity index is 1.86. The van der Waals surface area contributed by atoms with E-state index in [9.17, 15) is 0 Å². The largest absolute Gasteiger partial charge is 0.487 e. The summed E-state index contributed by atoms with van der Waals surface area (Å²) in [7, 11) is 0. The Bertz CT molecular complexity index is 713. The smallest absolute Gasteiger partial charge is 0.143 e. The second kappa shape index (κ2) is 5.66. The molecule has 3 aromatic rings. The monoisotopic (exact) mass is 263 g/mol. The van der Waals surface area contributed by atoms with Gasteiger partial charge in [0.15, 0.2) is 0 Å². The molecule has 3 rings (SSSR count). The van der Waals surface area contributed by atoms with Gasteiger partial charge in [0, 0.05) is 11.6 Å². The lowest BCUT2D eigenvalue weighted by molar-refractivity contribution is 0.309. The van der Waals surface area contributed by atoms with E-state index in [-0.39, 0.29) is 0 Å². The zero-order valence-electron chi connectivity index (χ0n) is 11.3. The molecule has 0 bridgehead atoms. The predicted octanol–water partition coefficient (Wildman–Crippen LogP) is 4.48. The van der Waals surface area contributed by atoms with Crippen molar-refractivity contribution >= 4 is 10.9 Å². The van der Waals surface area contributed by atoms with Gasteiger partial charge in [-0.3, -0.25) is 0 Å². The average molecular weight is 263 g/mol. The third kappa shape index (κ3) is 2.45. The summed E-state index contributed by atoms with van der Waals surface area (Å²) in [4.78, 5) is 3.31. The van der Waals surface area contributed by atoms with E-state index in [0.717, 1.165) is 17.7 Å². The third-order valence-electron chi connectivity index (χ3n) is 3.36. The van der Waals surface area contributed by atoms with E-state index in [4.69, 9.17) is 4.74 Å². The molecule has 0 atom stereocenters. The lowest BCUT2D eigenvalue weighted by atomic mass is 10.1. The molecule has 2 nitrogen and oxygen atoms in total. The van der Waals surface area contributed by atoms with Crippen molar-refractivity contribution in [2.45, 2.75) is 13.0 Å². The van der Waals surface area contributed by atoms with Gasteiger partial charge in [-0.2, -0.15) is 0 Å². The number of benzene rings is 2. The van der Waals surface area contributed by atoms with Crippen LogP contribution in [0.3, 0.4) is 0 Å². The molecular weight excluding hydrogens is 246 g/mol. The Hall–Kier alpha value is -2.48. The predicted molar refractivity (Wildman–Crippen MR) is 83.0 cm³/mol. The Kier molecular flexibility index (Phi) is 3.55. The van der Waals surface area contributed by atoms with Gasteiger partial charge in [0.1, 0.15) is 12.4 Å². The molecule has 2 aromatic carbocycles. The molecule has 2 heteroatoms. The van der Waals surface area contributed by atoms with Crippen LogP contribution in [0.2, 0.25) is 0 Å². The van der Waals surface area contributed by atoms with Crippen LogP contribution in [-0.4, -0.2) is 4.98 Å². The molecule has 1 aromatic heterocycles. The van der Waals surface area contributed by atoms with Crippen LogP contribution in [0, 0.1) is 0 Å². The van der Waals surface area contributed by atoms with Gasteiger partial charge in [-0.1, -0.05) is 48.5 Å². The first-order chi connectivity index (χ1) is 9.88. The topological polar surface area (TPSA) is 25.0 Å². The highest BCUT2D eigenvalue weighted by Gasteiger charge is 2.07. The molecule has 0 saturated carbocycles. The number of ether oxygens (including phenoxy) is 1. The number of hydrogen-bond donors (Lipinski definition) is 1. The van der Waals surface area contributed by atoms with Crippen molar-refractivity contribution in [1.29, 1.82) is 0 Å². The molecule has 0 aliphatic heterocycles. The lowest BCUT2D eigenvalue weighted by Gasteiger charge is -2.07. The molecule has 20 heavy (non-hydrogen) atoms. The summed E-state index contributed by atoms with van der Waals surface area (Å²) >= 11 is 0. The van der Waals surface area contributed by atoms with E-state index in [0.29, 0.717) is 6.61 Å². The average Bonchev–Trinajstić information content (AvgIpc) is 2.91. The van der Waals surface area contributed by atoms with E-state index in [2.05, 4.69) is 29.8 Å². The van der Waals surface area contributed by atoms with E-state index < -0.39 is 0 Å². The van der Waals surface area contributed by atoms with Crippen molar-refractivity contribution in [2.24, 2.45) is 0 Å². The summed E-state index contributed by atoms with van der Waals surface area (Å²) in [6.07, 6.45) is 4.81. The number of nitrogens with one attached hydrogen (secondary N) is 1. The molecule has 0 amide bonds. The van der Waals surface area contributed by atoms with Gasteiger partial charge in [-0.25, -0.2) is 0 Å². The van der Waals surface area contributed by atoms with Crippen molar-refractivity contribution in [3.8, 4) is 5.75 Å². The first-order valence-electron chi connectivity index (χ1n) is 6.75. The summed E-state index contributed by atoms with van der Waals surface area (Å²) in [6.45, 7) is 4.37. The molecule has 0 saturated heterocycles. The summed E-state index contributed by atoms with van der Waals surface area (Å²) < 4.78 is 5.94. The fourth-order valence-corrected chi connectivity index (χ4v) is 2.36. The quantitative estimate of drug-likeness (QED) is 0.675. The second-order valence-corrected chi connectivity index (χ2v) is 4.76. The molecule has 1 N–H and O–H groups in total. The van der Waals surface area contributed by atoms with Crippen LogP contribution in [0.15, 0.2) is 67.4 Å². The van der Waals surface area contributed by atoms with E-state index >= 15 is 0 Å². The van der Waals surface area contributed by atoms with Crippen molar-refractivity contribution < 1.29 is 4.74 Å². The van der Waals surface area contributed by atoms with Gasteiger partial charge in [0.05, 0.1) is 5.52 Å². The maximum absolute atomic E-state index is 5.94. The molecule has 0 spiro atoms. The molecule has 0 aliphatic rings. The van der Waals surface area contributed by atoms with E-state index in [1.54, 1.807) is 0 Å². The maximum atomic E-state index is 5.94. The first kappa shape index (κ1) is 12.5. The molecule has 0 fully saturated rings. The number of rotatable bonds is 5. The van der Waals surface area contributed by atoms with Gasteiger partial charge in [0.25, 0.3) is 0 Å². The molecule has 0 aliphatic carbocycles. The Morgan fingerprint density at radius 2 is 1.90 bits per heavy atom. The molecule has 1 heterocycles. The highest BCUT2D eigenvalue weighted by molar-refractivity contribution is 5.88. The van der Waals surface area contributed by atoms with Crippen molar-refractivity contribution in [3.05, 3.63) is 78.5 Å². The summed E-state index contributed by atoms with van der Waals surface area (Å²) in [5, 5.41) is 1.20. The van der Waals surface area contributed by atoms with Gasteiger partial charge >= 0.3 is 0 Å². The van der Waals surface area contributed by atoms with Crippen LogP contribution in [0.4, 0.5) is 0 Å². The fraction of sp³-hybridized carbons (Fsp3) is 0.111. The van der Waals surface area contributed by atoms with Crippen LogP contribution in [0.25, 0.3) is 10.9 Å². The minimum Gasteiger partial charge on any atom is -0.487 e. The summed E-state index contributed by atoms with van der Waals surface area (Å²) in [5.74, 6) is 0.890. The van der Waals surface area contributed by atoms with Gasteiger partial charge in [-0.05, 0) is 23.6 Å². The summed E-state index contributed by atoms with van der Waals surface area (Å²) in [5.41, 5.74) is 3.47. The van der Waals surface area contributed by atoms with Crippen LogP contribution >= 0.6 is 0 Å². The SMILES string of the molecule is C=CCc1c[nH]c2c(OCc3ccccc3)cccc12. The minimum absolute atomic E-state index is 0.579. The normalized spacial score (nSPS) is 10.6. The summed E-state index contributed by atoms with van der Waals surface area (Å²) in [6, 6.07) is 16.3. The first-order valence-corrected chi connectivity index (χ1v) is 6.75. The second-order valence-electron chi connectivity index (χ2n) is 4.76. The van der Waals surface area contributed by atoms with Crippen molar-refractivity contribution in [1.82, 2.24) is 4.98 Å². The molecule has 0 radical (unpaired) electrons. The Labute approximate surface area is 118 Å². The molecule has 0 unspecified atom stereocenters. The number of allylic oxidation sites excluding steroid dienone is 1. The zero-order valence-corrected chi connectivity index (χ0v) is 11.3. The number of aromatic nitrogens is 1. The molecule has 100 valence electrons. The fourth-order valence-electron chi connectivity index (χ4n) is 2.36. The zero-order chi connectivity index (χ0) is 13.8. The Morgan fingerprint density at radius 3 is 2.70 bits per heavy atom. The van der Waals surface area contributed by atoms with Gasteiger partial charge in [-0.15, -0.1) is 6.58 Å². The van der Waals surface area contributed by atoms with Crippen LogP contribution in [0.5, 0.6) is 5.75 Å². The highest BCUT2D eigenvalue weighted by atomic mass is 16.5. The molecular formula is C18H17NO. The number of hydrogen-bond acceptors (Lipinski definition) is 1. The van der Waals surface area contributed by atoms with Crippen LogP contribution < -0.4 is 4.74 Å². The Morgan fingerprint density at radius 1 is 1.05 bits per heavy atom. The van der Waals surface area contributed by atoms with Crippen molar-refractivity contribution in [2.75, 3.05) is 0 Å². The standard InChI is InChI=1S/C18H17NO/c1-2-7-15-12-19-18-16(15)10-6-11-17(18)20-13-14-8-4-3-5-9-14/h2-6,8-12,19H,1,7,13H2. The van der Waals surface area contributed by atoms with E-state index in [1.807, 2.05) is 42.6 Å². The number of H-pyrrole nitrogens is 1. The van der Waals surface area contributed by atoms with Crippen molar-refractivity contribution in [3.63, 3.8) is 0 Å². The number of aromatic amines is 1. The van der Waals surface area contributed by atoms with Gasteiger partial charge in [0.2, 0.25) is 0 Å².